The molecule has 0 radical (unpaired) electrons. The average Bonchev–Trinajstić information content (AvgIpc) is 2.81. The molecule has 1 aromatic heterocycles. The van der Waals surface area contributed by atoms with Crippen molar-refractivity contribution in [1.82, 2.24) is 9.55 Å². The molecule has 20 heavy (non-hydrogen) atoms. The molecule has 1 aromatic carbocycles. The molecule has 0 amide bonds. The summed E-state index contributed by atoms with van der Waals surface area (Å²) in [6, 6.07) is 5.51. The molecule has 1 heterocycles. The maximum absolute atomic E-state index is 11.6. The van der Waals surface area contributed by atoms with Gasteiger partial charge in [-0.2, -0.15) is 0 Å². The van der Waals surface area contributed by atoms with Gasteiger partial charge in [-0.25, -0.2) is 13.4 Å². The molecule has 5 nitrogen and oxygen atoms in total. The largest absolute Gasteiger partial charge is 0.497 e. The van der Waals surface area contributed by atoms with E-state index in [1.807, 2.05) is 22.8 Å². The van der Waals surface area contributed by atoms with E-state index < -0.39 is 9.84 Å². The number of benzene rings is 1. The minimum absolute atomic E-state index is 0.0882. The second-order valence-corrected chi connectivity index (χ2v) is 7.14. The van der Waals surface area contributed by atoms with E-state index in [4.69, 9.17) is 16.3 Å². The lowest BCUT2D eigenvalue weighted by Crippen LogP contribution is -2.15. The number of hydrogen-bond donors (Lipinski definition) is 0. The van der Waals surface area contributed by atoms with Crippen molar-refractivity contribution in [3.8, 4) is 5.75 Å². The summed E-state index contributed by atoms with van der Waals surface area (Å²) in [5.74, 6) is 1.85. The summed E-state index contributed by atoms with van der Waals surface area (Å²) in [5.41, 5.74) is 1.63. The number of methoxy groups -OCH3 is 1. The van der Waals surface area contributed by atoms with Crippen molar-refractivity contribution in [3.63, 3.8) is 0 Å². The molecule has 0 unspecified atom stereocenters. The van der Waals surface area contributed by atoms with Gasteiger partial charge in [0, 0.05) is 18.4 Å². The van der Waals surface area contributed by atoms with Crippen LogP contribution in [0.2, 0.25) is 0 Å². The van der Waals surface area contributed by atoms with E-state index in [-0.39, 0.29) is 17.4 Å². The van der Waals surface area contributed by atoms with Gasteiger partial charge in [-0.15, -0.1) is 11.6 Å². The van der Waals surface area contributed by atoms with Crippen LogP contribution in [0, 0.1) is 0 Å². The molecule has 0 N–H and O–H groups in total. The number of aromatic nitrogens is 2. The van der Waals surface area contributed by atoms with Gasteiger partial charge in [0.05, 0.1) is 29.8 Å². The molecule has 110 valence electrons. The molecule has 2 aromatic rings. The third-order valence-corrected chi connectivity index (χ3v) is 5.14. The van der Waals surface area contributed by atoms with Crippen LogP contribution in [-0.4, -0.2) is 36.6 Å². The fraction of sp³-hybridized carbons (Fsp3) is 0.462. The second-order valence-electron chi connectivity index (χ2n) is 4.40. The number of imidazole rings is 1. The lowest BCUT2D eigenvalue weighted by Gasteiger charge is -2.08. The van der Waals surface area contributed by atoms with E-state index in [2.05, 4.69) is 4.98 Å². The summed E-state index contributed by atoms with van der Waals surface area (Å²) in [5, 5.41) is 0. The Kier molecular flexibility index (Phi) is 4.55. The number of sulfone groups is 1. The molecule has 0 aliphatic carbocycles. The predicted octanol–water partition coefficient (Wildman–Crippen LogP) is 2.22. The summed E-state index contributed by atoms with van der Waals surface area (Å²) >= 11 is 5.90. The van der Waals surface area contributed by atoms with Crippen molar-refractivity contribution in [2.24, 2.45) is 0 Å². The smallest absolute Gasteiger partial charge is 0.151 e. The lowest BCUT2D eigenvalue weighted by molar-refractivity contribution is 0.415. The first kappa shape index (κ1) is 15.1. The molecule has 0 aliphatic heterocycles. The number of fused-ring (bicyclic) bond motifs is 1. The summed E-state index contributed by atoms with van der Waals surface area (Å²) < 4.78 is 30.3. The van der Waals surface area contributed by atoms with Crippen LogP contribution in [0.3, 0.4) is 0 Å². The first-order valence-electron chi connectivity index (χ1n) is 6.30. The Morgan fingerprint density at radius 3 is 2.75 bits per heavy atom. The monoisotopic (exact) mass is 316 g/mol. The first-order chi connectivity index (χ1) is 9.50. The van der Waals surface area contributed by atoms with Crippen LogP contribution in [0.15, 0.2) is 18.2 Å². The Morgan fingerprint density at radius 2 is 2.15 bits per heavy atom. The Balaban J connectivity index is 2.40. The highest BCUT2D eigenvalue weighted by atomic mass is 35.5. The van der Waals surface area contributed by atoms with Crippen molar-refractivity contribution in [2.75, 3.05) is 18.6 Å². The molecule has 7 heteroatoms. The van der Waals surface area contributed by atoms with E-state index in [1.165, 1.54) is 0 Å². The molecule has 0 aliphatic rings. The highest BCUT2D eigenvalue weighted by Gasteiger charge is 2.14. The molecule has 0 fully saturated rings. The van der Waals surface area contributed by atoms with Crippen LogP contribution in [0.1, 0.15) is 12.7 Å². The van der Waals surface area contributed by atoms with E-state index in [1.54, 1.807) is 14.0 Å². The minimum atomic E-state index is -3.02. The molecular weight excluding hydrogens is 300 g/mol. The standard InChI is InChI=1S/C13H17ClN2O3S/c1-3-20(17,18)7-6-16-12-5-4-10(19-2)8-11(12)15-13(16)9-14/h4-5,8H,3,6-7,9H2,1-2H3. The Bertz CT molecular complexity index is 710. The zero-order chi connectivity index (χ0) is 14.8. The summed E-state index contributed by atoms with van der Waals surface area (Å²) in [6.45, 7) is 2.01. The van der Waals surface area contributed by atoms with Gasteiger partial charge >= 0.3 is 0 Å². The maximum Gasteiger partial charge on any atom is 0.151 e. The zero-order valence-electron chi connectivity index (χ0n) is 11.5. The van der Waals surface area contributed by atoms with Crippen LogP contribution in [0.4, 0.5) is 0 Å². The van der Waals surface area contributed by atoms with Gasteiger partial charge < -0.3 is 9.30 Å². The molecule has 0 spiro atoms. The van der Waals surface area contributed by atoms with Crippen molar-refractivity contribution in [1.29, 1.82) is 0 Å². The van der Waals surface area contributed by atoms with Crippen molar-refractivity contribution < 1.29 is 13.2 Å². The second kappa shape index (κ2) is 6.01. The minimum Gasteiger partial charge on any atom is -0.497 e. The van der Waals surface area contributed by atoms with Crippen LogP contribution in [0.5, 0.6) is 5.75 Å². The highest BCUT2D eigenvalue weighted by molar-refractivity contribution is 7.91. The number of hydrogen-bond acceptors (Lipinski definition) is 4. The third-order valence-electron chi connectivity index (χ3n) is 3.22. The van der Waals surface area contributed by atoms with E-state index in [0.717, 1.165) is 11.0 Å². The summed E-state index contributed by atoms with van der Waals surface area (Å²) in [7, 11) is -1.43. The van der Waals surface area contributed by atoms with Crippen molar-refractivity contribution in [2.45, 2.75) is 19.3 Å². The van der Waals surface area contributed by atoms with Crippen LogP contribution in [-0.2, 0) is 22.3 Å². The SMILES string of the molecule is CCS(=O)(=O)CCn1c(CCl)nc2cc(OC)ccc21. The Morgan fingerprint density at radius 1 is 1.40 bits per heavy atom. The Labute approximate surface area is 123 Å². The highest BCUT2D eigenvalue weighted by Crippen LogP contribution is 2.22. The van der Waals surface area contributed by atoms with Gasteiger partial charge in [-0.05, 0) is 12.1 Å². The Hall–Kier alpha value is -1.27. The van der Waals surface area contributed by atoms with Crippen LogP contribution < -0.4 is 4.74 Å². The number of ether oxygens (including phenoxy) is 1. The molecular formula is C13H17ClN2O3S. The maximum atomic E-state index is 11.6. The number of halogens is 1. The number of alkyl halides is 1. The number of nitrogens with zero attached hydrogens (tertiary/aromatic N) is 2. The van der Waals surface area contributed by atoms with Gasteiger partial charge in [0.15, 0.2) is 9.84 Å². The average molecular weight is 317 g/mol. The molecule has 2 rings (SSSR count). The van der Waals surface area contributed by atoms with Gasteiger partial charge in [-0.1, -0.05) is 6.92 Å². The summed E-state index contributed by atoms with van der Waals surface area (Å²) in [4.78, 5) is 4.42. The van der Waals surface area contributed by atoms with Gasteiger partial charge in [-0.3, -0.25) is 0 Å². The van der Waals surface area contributed by atoms with Crippen LogP contribution in [0.25, 0.3) is 11.0 Å². The van der Waals surface area contributed by atoms with E-state index >= 15 is 0 Å². The number of rotatable bonds is 6. The van der Waals surface area contributed by atoms with Crippen molar-refractivity contribution in [3.05, 3.63) is 24.0 Å². The predicted molar refractivity (Wildman–Crippen MR) is 80.2 cm³/mol. The van der Waals surface area contributed by atoms with Crippen molar-refractivity contribution >= 4 is 32.5 Å². The normalized spacial score (nSPS) is 11.9. The quantitative estimate of drug-likeness (QED) is 0.767. The van der Waals surface area contributed by atoms with Gasteiger partial charge in [0.2, 0.25) is 0 Å². The van der Waals surface area contributed by atoms with Crippen LogP contribution >= 0.6 is 11.6 Å². The zero-order valence-corrected chi connectivity index (χ0v) is 13.0. The molecule has 0 atom stereocenters. The molecule has 0 saturated carbocycles. The van der Waals surface area contributed by atoms with E-state index in [9.17, 15) is 8.42 Å². The fourth-order valence-corrected chi connectivity index (χ4v) is 2.97. The fourth-order valence-electron chi connectivity index (χ4n) is 2.01. The topological polar surface area (TPSA) is 61.2 Å². The lowest BCUT2D eigenvalue weighted by atomic mass is 10.3. The summed E-state index contributed by atoms with van der Waals surface area (Å²) in [6.07, 6.45) is 0. The number of aryl methyl sites for hydroxylation is 1. The molecule has 0 bridgehead atoms. The van der Waals surface area contributed by atoms with Gasteiger partial charge in [0.1, 0.15) is 11.6 Å². The first-order valence-corrected chi connectivity index (χ1v) is 8.66. The van der Waals surface area contributed by atoms with Gasteiger partial charge in [0.25, 0.3) is 0 Å². The third kappa shape index (κ3) is 3.07. The van der Waals surface area contributed by atoms with E-state index in [0.29, 0.717) is 18.1 Å². The molecule has 0 saturated heterocycles.